The van der Waals surface area contributed by atoms with Crippen molar-refractivity contribution in [3.63, 3.8) is 0 Å². The third-order valence-corrected chi connectivity index (χ3v) is 6.35. The van der Waals surface area contributed by atoms with Crippen molar-refractivity contribution in [1.29, 1.82) is 0 Å². The average Bonchev–Trinajstić information content (AvgIpc) is 2.86. The smallest absolute Gasteiger partial charge is 0.252 e. The van der Waals surface area contributed by atoms with Crippen LogP contribution in [0.25, 0.3) is 11.1 Å². The van der Waals surface area contributed by atoms with E-state index in [1.807, 2.05) is 31.2 Å². The Morgan fingerprint density at radius 1 is 1.08 bits per heavy atom. The highest BCUT2D eigenvalue weighted by molar-refractivity contribution is 5.97. The number of allylic oxidation sites excluding steroid dienone is 1. The standard InChI is InChI=1S/C30H33FN2O3.H2/c1-6-21-17-22(12-14-25(21)24-10-8-7-9-19(24)2)29(35)33-30(4,32)23-13-15-26(27(31)18-23)28(34)16-11-20(3)36-5;/h7-10,12-15,17-18H,3,6,11,16,32H2,1-2,4-5H3,(H,33,35);1H. The van der Waals surface area contributed by atoms with E-state index in [0.29, 0.717) is 23.3 Å². The van der Waals surface area contributed by atoms with Crippen molar-refractivity contribution in [3.8, 4) is 11.1 Å². The predicted octanol–water partition coefficient (Wildman–Crippen LogP) is 6.29. The number of methoxy groups -OCH3 is 1. The third kappa shape index (κ3) is 6.07. The van der Waals surface area contributed by atoms with Crippen molar-refractivity contribution in [3.05, 3.63) is 107 Å². The zero-order chi connectivity index (χ0) is 26.5. The van der Waals surface area contributed by atoms with Gasteiger partial charge in [-0.15, -0.1) is 0 Å². The maximum Gasteiger partial charge on any atom is 0.252 e. The number of benzene rings is 3. The summed E-state index contributed by atoms with van der Waals surface area (Å²) in [6, 6.07) is 17.8. The summed E-state index contributed by atoms with van der Waals surface area (Å²) in [7, 11) is 1.47. The first-order valence-corrected chi connectivity index (χ1v) is 11.9. The highest BCUT2D eigenvalue weighted by atomic mass is 19.1. The molecule has 1 atom stereocenters. The summed E-state index contributed by atoms with van der Waals surface area (Å²) in [6.45, 7) is 9.36. The van der Waals surface area contributed by atoms with Gasteiger partial charge in [-0.3, -0.25) is 9.59 Å². The molecule has 1 amide bonds. The Labute approximate surface area is 213 Å². The monoisotopic (exact) mass is 490 g/mol. The first-order chi connectivity index (χ1) is 17.1. The number of halogens is 1. The summed E-state index contributed by atoms with van der Waals surface area (Å²) in [5.74, 6) is -0.969. The number of amides is 1. The van der Waals surface area contributed by atoms with Crippen molar-refractivity contribution in [1.82, 2.24) is 5.32 Å². The van der Waals surface area contributed by atoms with Crippen molar-refractivity contribution in [2.75, 3.05) is 7.11 Å². The fraction of sp³-hybridized carbons (Fsp3) is 0.267. The van der Waals surface area contributed by atoms with E-state index in [1.54, 1.807) is 19.1 Å². The molecule has 36 heavy (non-hydrogen) atoms. The minimum Gasteiger partial charge on any atom is -0.502 e. The van der Waals surface area contributed by atoms with E-state index in [1.165, 1.54) is 19.2 Å². The van der Waals surface area contributed by atoms with Crippen LogP contribution in [0.1, 0.15) is 65.5 Å². The Bertz CT molecular complexity index is 1300. The van der Waals surface area contributed by atoms with E-state index in [4.69, 9.17) is 10.5 Å². The maximum atomic E-state index is 14.8. The number of carbonyl (C=O) groups is 2. The van der Waals surface area contributed by atoms with Gasteiger partial charge < -0.3 is 15.8 Å². The average molecular weight is 491 g/mol. The lowest BCUT2D eigenvalue weighted by Gasteiger charge is -2.27. The molecule has 0 spiro atoms. The van der Waals surface area contributed by atoms with E-state index < -0.39 is 11.5 Å². The number of Topliss-reactive ketones (excluding diaryl/α,β-unsaturated/α-hetero) is 1. The summed E-state index contributed by atoms with van der Waals surface area (Å²) in [6.07, 6.45) is 1.14. The second-order valence-corrected chi connectivity index (χ2v) is 9.06. The van der Waals surface area contributed by atoms with Crippen molar-refractivity contribution in [2.24, 2.45) is 5.73 Å². The summed E-state index contributed by atoms with van der Waals surface area (Å²) in [5.41, 5.74) is 10.2. The largest absolute Gasteiger partial charge is 0.502 e. The zero-order valence-corrected chi connectivity index (χ0v) is 21.3. The van der Waals surface area contributed by atoms with Crippen LogP contribution in [0, 0.1) is 12.7 Å². The van der Waals surface area contributed by atoms with E-state index in [0.717, 1.165) is 28.7 Å². The first-order valence-electron chi connectivity index (χ1n) is 11.9. The number of hydrogen-bond donors (Lipinski definition) is 2. The van der Waals surface area contributed by atoms with Crippen LogP contribution >= 0.6 is 0 Å². The molecule has 3 aromatic rings. The molecule has 190 valence electrons. The van der Waals surface area contributed by atoms with Gasteiger partial charge in [0.25, 0.3) is 5.91 Å². The SMILES string of the molecule is C=C(CCC(=O)c1ccc(C(C)(N)NC(=O)c2ccc(-c3ccccc3C)c(CC)c2)cc1F)OC.[HH]. The van der Waals surface area contributed by atoms with E-state index in [9.17, 15) is 14.0 Å². The van der Waals surface area contributed by atoms with Gasteiger partial charge in [-0.1, -0.05) is 49.9 Å². The number of nitrogens with two attached hydrogens (primary N) is 1. The third-order valence-electron chi connectivity index (χ3n) is 6.35. The Balaban J connectivity index is 0.00000481. The lowest BCUT2D eigenvalue weighted by Crippen LogP contribution is -2.50. The Hall–Kier alpha value is -3.77. The van der Waals surface area contributed by atoms with Gasteiger partial charge >= 0.3 is 0 Å². The second kappa shape index (κ2) is 11.3. The van der Waals surface area contributed by atoms with Gasteiger partial charge in [0.05, 0.1) is 18.4 Å². The number of ketones is 1. The normalized spacial score (nSPS) is 12.5. The molecule has 0 radical (unpaired) electrons. The molecule has 3 rings (SSSR count). The molecular weight excluding hydrogens is 455 g/mol. The number of rotatable bonds is 10. The minimum absolute atomic E-state index is 0. The van der Waals surface area contributed by atoms with E-state index >= 15 is 0 Å². The van der Waals surface area contributed by atoms with E-state index in [2.05, 4.69) is 31.0 Å². The first kappa shape index (κ1) is 26.8. The van der Waals surface area contributed by atoms with Gasteiger partial charge in [0, 0.05) is 19.8 Å². The zero-order valence-electron chi connectivity index (χ0n) is 21.3. The molecule has 3 N–H and O–H groups in total. The fourth-order valence-electron chi connectivity index (χ4n) is 4.10. The summed E-state index contributed by atoms with van der Waals surface area (Å²) in [4.78, 5) is 25.5. The fourth-order valence-corrected chi connectivity index (χ4v) is 4.10. The second-order valence-electron chi connectivity index (χ2n) is 9.06. The lowest BCUT2D eigenvalue weighted by atomic mass is 9.93. The highest BCUT2D eigenvalue weighted by Crippen LogP contribution is 2.28. The van der Waals surface area contributed by atoms with Crippen LogP contribution in [-0.2, 0) is 16.8 Å². The molecule has 0 heterocycles. The summed E-state index contributed by atoms with van der Waals surface area (Å²) >= 11 is 0. The number of aryl methyl sites for hydroxylation is 2. The van der Waals surface area contributed by atoms with Crippen LogP contribution in [0.5, 0.6) is 0 Å². The molecule has 0 bridgehead atoms. The number of ether oxygens (including phenoxy) is 1. The molecule has 0 saturated heterocycles. The van der Waals surface area contributed by atoms with Crippen LogP contribution in [0.2, 0.25) is 0 Å². The predicted molar refractivity (Wildman–Crippen MR) is 143 cm³/mol. The molecule has 1 unspecified atom stereocenters. The van der Waals surface area contributed by atoms with Crippen LogP contribution in [0.15, 0.2) is 73.0 Å². The molecule has 0 aliphatic heterocycles. The van der Waals surface area contributed by atoms with Gasteiger partial charge in [-0.25, -0.2) is 4.39 Å². The minimum atomic E-state index is -1.36. The molecule has 6 heteroatoms. The molecule has 3 aromatic carbocycles. The molecular formula is C30H35FN2O3. The Kier molecular flexibility index (Phi) is 8.43. The van der Waals surface area contributed by atoms with Crippen molar-refractivity contribution in [2.45, 2.75) is 45.7 Å². The van der Waals surface area contributed by atoms with Crippen LogP contribution < -0.4 is 11.1 Å². The van der Waals surface area contributed by atoms with Crippen molar-refractivity contribution < 1.29 is 20.1 Å². The maximum absolute atomic E-state index is 14.8. The lowest BCUT2D eigenvalue weighted by molar-refractivity contribution is 0.0905. The topological polar surface area (TPSA) is 81.4 Å². The van der Waals surface area contributed by atoms with Crippen LogP contribution in [0.4, 0.5) is 4.39 Å². The summed E-state index contributed by atoms with van der Waals surface area (Å²) in [5, 5.41) is 2.79. The molecule has 0 aliphatic rings. The van der Waals surface area contributed by atoms with Gasteiger partial charge in [-0.05, 0) is 72.4 Å². The highest BCUT2D eigenvalue weighted by Gasteiger charge is 2.26. The van der Waals surface area contributed by atoms with Gasteiger partial charge in [0.15, 0.2) is 5.78 Å². The van der Waals surface area contributed by atoms with Gasteiger partial charge in [0.1, 0.15) is 11.5 Å². The quantitative estimate of drug-likeness (QED) is 0.199. The molecule has 0 aliphatic carbocycles. The number of carbonyl (C=O) groups excluding carboxylic acids is 2. The van der Waals surface area contributed by atoms with Gasteiger partial charge in [-0.2, -0.15) is 0 Å². The van der Waals surface area contributed by atoms with E-state index in [-0.39, 0.29) is 25.1 Å². The number of nitrogens with one attached hydrogen (secondary N) is 1. The van der Waals surface area contributed by atoms with Crippen LogP contribution in [-0.4, -0.2) is 18.8 Å². The molecule has 0 aromatic heterocycles. The molecule has 0 fully saturated rings. The van der Waals surface area contributed by atoms with Crippen molar-refractivity contribution >= 4 is 11.7 Å². The van der Waals surface area contributed by atoms with Gasteiger partial charge in [0.2, 0.25) is 0 Å². The Morgan fingerprint density at radius 3 is 2.44 bits per heavy atom. The summed E-state index contributed by atoms with van der Waals surface area (Å²) < 4.78 is 19.7. The molecule has 5 nitrogen and oxygen atoms in total. The molecule has 0 saturated carbocycles. The number of hydrogen-bond acceptors (Lipinski definition) is 4. The van der Waals surface area contributed by atoms with Crippen LogP contribution in [0.3, 0.4) is 0 Å². The Morgan fingerprint density at radius 2 is 1.81 bits per heavy atom.